The molecule has 7 heteroatoms. The van der Waals surface area contributed by atoms with Gasteiger partial charge in [-0.25, -0.2) is 0 Å². The van der Waals surface area contributed by atoms with E-state index in [-0.39, 0.29) is 11.6 Å². The van der Waals surface area contributed by atoms with Crippen LogP contribution in [-0.2, 0) is 4.79 Å². The number of carbonyl (C=O) groups is 1. The van der Waals surface area contributed by atoms with Crippen LogP contribution in [0.5, 0.6) is 0 Å². The van der Waals surface area contributed by atoms with E-state index in [1.165, 1.54) is 10.9 Å². The van der Waals surface area contributed by atoms with E-state index in [2.05, 4.69) is 20.8 Å². The summed E-state index contributed by atoms with van der Waals surface area (Å²) in [5.74, 6) is 0.612. The maximum atomic E-state index is 13.0. The fraction of sp³-hybridized carbons (Fsp3) is 0. The first-order valence-corrected chi connectivity index (χ1v) is 8.27. The second-order valence-corrected chi connectivity index (χ2v) is 5.65. The summed E-state index contributed by atoms with van der Waals surface area (Å²) in [6.07, 6.45) is 3.14. The maximum Gasteiger partial charge on any atom is 0.274 e. The Balaban J connectivity index is 1.76. The molecule has 2 heterocycles. The Morgan fingerprint density at radius 3 is 2.41 bits per heavy atom. The van der Waals surface area contributed by atoms with Crippen LogP contribution in [0.2, 0.25) is 0 Å². The van der Waals surface area contributed by atoms with Crippen LogP contribution in [0.25, 0.3) is 23.2 Å². The van der Waals surface area contributed by atoms with Gasteiger partial charge in [-0.3, -0.25) is 4.79 Å². The molecule has 0 saturated heterocycles. The minimum atomic E-state index is -0.359. The molecule has 0 spiro atoms. The average Bonchev–Trinajstić information content (AvgIpc) is 3.39. The number of para-hydroxylation sites is 1. The molecule has 0 atom stereocenters. The molecule has 132 valence electrons. The van der Waals surface area contributed by atoms with Gasteiger partial charge < -0.3 is 9.73 Å². The third kappa shape index (κ3) is 3.67. The zero-order valence-corrected chi connectivity index (χ0v) is 14.2. The lowest BCUT2D eigenvalue weighted by molar-refractivity contribution is -0.111. The van der Waals surface area contributed by atoms with Gasteiger partial charge >= 0.3 is 0 Å². The predicted molar refractivity (Wildman–Crippen MR) is 101 cm³/mol. The summed E-state index contributed by atoms with van der Waals surface area (Å²) < 4.78 is 6.77. The van der Waals surface area contributed by atoms with Crippen molar-refractivity contribution in [1.82, 2.24) is 20.2 Å². The van der Waals surface area contributed by atoms with E-state index in [1.54, 1.807) is 30.3 Å². The lowest BCUT2D eigenvalue weighted by Gasteiger charge is -2.10. The van der Waals surface area contributed by atoms with E-state index in [9.17, 15) is 4.79 Å². The molecule has 0 aliphatic heterocycles. The lowest BCUT2D eigenvalue weighted by atomic mass is 10.2. The Labute approximate surface area is 154 Å². The Kier molecular flexibility index (Phi) is 4.57. The van der Waals surface area contributed by atoms with Crippen molar-refractivity contribution in [3.05, 3.63) is 84.8 Å². The van der Waals surface area contributed by atoms with Gasteiger partial charge in [0.15, 0.2) is 5.82 Å². The molecule has 4 rings (SSSR count). The Morgan fingerprint density at radius 2 is 1.70 bits per heavy atom. The van der Waals surface area contributed by atoms with Gasteiger partial charge in [0.1, 0.15) is 11.5 Å². The number of amides is 1. The minimum Gasteiger partial charge on any atom is -0.465 e. The van der Waals surface area contributed by atoms with Crippen molar-refractivity contribution in [3.63, 3.8) is 0 Å². The molecule has 0 aliphatic carbocycles. The first-order chi connectivity index (χ1) is 13.3. The summed E-state index contributed by atoms with van der Waals surface area (Å²) in [6, 6.07) is 22.1. The third-order valence-corrected chi connectivity index (χ3v) is 3.82. The number of hydrogen-bond acceptors (Lipinski definition) is 5. The molecule has 0 fully saturated rings. The van der Waals surface area contributed by atoms with E-state index >= 15 is 0 Å². The van der Waals surface area contributed by atoms with Gasteiger partial charge in [0.25, 0.3) is 5.91 Å². The van der Waals surface area contributed by atoms with Crippen LogP contribution in [0.15, 0.2) is 83.5 Å². The fourth-order valence-electron chi connectivity index (χ4n) is 2.56. The molecular weight excluding hydrogens is 342 g/mol. The summed E-state index contributed by atoms with van der Waals surface area (Å²) >= 11 is 0. The molecule has 1 N–H and O–H groups in total. The van der Waals surface area contributed by atoms with Crippen LogP contribution in [0.4, 0.5) is 5.69 Å². The van der Waals surface area contributed by atoms with Gasteiger partial charge in [0.05, 0.1) is 6.26 Å². The zero-order chi connectivity index (χ0) is 18.5. The molecule has 0 radical (unpaired) electrons. The van der Waals surface area contributed by atoms with Crippen molar-refractivity contribution < 1.29 is 9.21 Å². The molecular formula is C20H15N5O2. The normalized spacial score (nSPS) is 11.3. The molecule has 0 aliphatic rings. The van der Waals surface area contributed by atoms with Gasteiger partial charge in [0, 0.05) is 17.3 Å². The summed E-state index contributed by atoms with van der Waals surface area (Å²) in [7, 11) is 0. The summed E-state index contributed by atoms with van der Waals surface area (Å²) in [5, 5.41) is 14.7. The molecule has 27 heavy (non-hydrogen) atoms. The van der Waals surface area contributed by atoms with Crippen molar-refractivity contribution in [2.45, 2.75) is 0 Å². The van der Waals surface area contributed by atoms with E-state index in [4.69, 9.17) is 4.42 Å². The Bertz CT molecular complexity index is 1050. The van der Waals surface area contributed by atoms with Crippen molar-refractivity contribution in [1.29, 1.82) is 0 Å². The number of anilines is 1. The number of benzene rings is 2. The molecule has 0 bridgehead atoms. The Morgan fingerprint density at radius 1 is 0.963 bits per heavy atom. The quantitative estimate of drug-likeness (QED) is 0.552. The zero-order valence-electron chi connectivity index (χ0n) is 14.2. The number of aromatic nitrogens is 4. The third-order valence-electron chi connectivity index (χ3n) is 3.82. The van der Waals surface area contributed by atoms with Gasteiger partial charge in [-0.15, -0.1) is 5.10 Å². The molecule has 4 aromatic rings. The first kappa shape index (κ1) is 16.5. The second kappa shape index (κ2) is 7.49. The van der Waals surface area contributed by atoms with Crippen LogP contribution in [0, 0.1) is 0 Å². The smallest absolute Gasteiger partial charge is 0.274 e. The first-order valence-electron chi connectivity index (χ1n) is 8.27. The number of nitrogens with one attached hydrogen (secondary N) is 1. The van der Waals surface area contributed by atoms with Crippen LogP contribution in [-0.4, -0.2) is 26.1 Å². The lowest BCUT2D eigenvalue weighted by Crippen LogP contribution is -2.19. The highest BCUT2D eigenvalue weighted by molar-refractivity contribution is 6.24. The van der Waals surface area contributed by atoms with Crippen molar-refractivity contribution in [3.8, 4) is 11.4 Å². The second-order valence-electron chi connectivity index (χ2n) is 5.65. The maximum absolute atomic E-state index is 13.0. The highest BCUT2D eigenvalue weighted by Crippen LogP contribution is 2.21. The van der Waals surface area contributed by atoms with Crippen LogP contribution in [0.1, 0.15) is 5.76 Å². The largest absolute Gasteiger partial charge is 0.465 e. The number of hydrogen-bond donors (Lipinski definition) is 1. The topological polar surface area (TPSA) is 85.8 Å². The summed E-state index contributed by atoms with van der Waals surface area (Å²) in [6.45, 7) is 0. The van der Waals surface area contributed by atoms with Crippen LogP contribution < -0.4 is 5.32 Å². The summed E-state index contributed by atoms with van der Waals surface area (Å²) in [5.41, 5.74) is 1.69. The molecule has 7 nitrogen and oxygen atoms in total. The number of nitrogens with zero attached hydrogens (tertiary/aromatic N) is 4. The van der Waals surface area contributed by atoms with Gasteiger partial charge in [0.2, 0.25) is 0 Å². The molecule has 2 aromatic carbocycles. The molecule has 2 aromatic heterocycles. The molecule has 0 unspecified atom stereocenters. The highest BCUT2D eigenvalue weighted by Gasteiger charge is 2.20. The van der Waals surface area contributed by atoms with Crippen LogP contribution in [0.3, 0.4) is 0 Å². The molecule has 0 saturated carbocycles. The van der Waals surface area contributed by atoms with E-state index in [0.29, 0.717) is 17.3 Å². The number of rotatable bonds is 5. The monoisotopic (exact) mass is 357 g/mol. The van der Waals surface area contributed by atoms with Gasteiger partial charge in [-0.2, -0.15) is 4.68 Å². The van der Waals surface area contributed by atoms with Crippen molar-refractivity contribution >= 4 is 23.4 Å². The highest BCUT2D eigenvalue weighted by atomic mass is 16.3. The summed E-state index contributed by atoms with van der Waals surface area (Å²) in [4.78, 5) is 13.0. The van der Waals surface area contributed by atoms with Crippen molar-refractivity contribution in [2.24, 2.45) is 0 Å². The predicted octanol–water partition coefficient (Wildman–Crippen LogP) is 3.57. The SMILES string of the molecule is O=C(Nc1ccccc1)C(=Cc1ccco1)n1nnnc1-c1ccccc1. The van der Waals surface area contributed by atoms with E-state index < -0.39 is 0 Å². The number of carbonyl (C=O) groups excluding carboxylic acids is 1. The average molecular weight is 357 g/mol. The van der Waals surface area contributed by atoms with Crippen LogP contribution >= 0.6 is 0 Å². The minimum absolute atomic E-state index is 0.234. The van der Waals surface area contributed by atoms with E-state index in [0.717, 1.165) is 5.56 Å². The number of tetrazole rings is 1. The van der Waals surface area contributed by atoms with Gasteiger partial charge in [-0.1, -0.05) is 48.5 Å². The van der Waals surface area contributed by atoms with Crippen molar-refractivity contribution in [2.75, 3.05) is 5.32 Å². The van der Waals surface area contributed by atoms with Gasteiger partial charge in [-0.05, 0) is 34.7 Å². The molecule has 1 amide bonds. The fourth-order valence-corrected chi connectivity index (χ4v) is 2.56. The standard InChI is InChI=1S/C20H15N5O2/c26-20(21-16-10-5-2-6-11-16)18(14-17-12-7-13-27-17)25-19(22-23-24-25)15-8-3-1-4-9-15/h1-14H,(H,21,26). The van der Waals surface area contributed by atoms with E-state index in [1.807, 2.05) is 48.5 Å². The Hall–Kier alpha value is -4.00. The number of furan rings is 1.